The number of rotatable bonds is 4. The number of anilines is 1. The average molecular weight is 355 g/mol. The van der Waals surface area contributed by atoms with Crippen molar-refractivity contribution in [3.63, 3.8) is 0 Å². The van der Waals surface area contributed by atoms with Crippen LogP contribution in [-0.2, 0) is 4.79 Å². The Bertz CT molecular complexity index is 847. The molecule has 2 N–H and O–H groups in total. The topological polar surface area (TPSA) is 70.7 Å². The van der Waals surface area contributed by atoms with Gasteiger partial charge in [0.2, 0.25) is 5.91 Å². The summed E-state index contributed by atoms with van der Waals surface area (Å²) in [5.41, 5.74) is 1.07. The summed E-state index contributed by atoms with van der Waals surface area (Å²) in [7, 11) is 0. The maximum absolute atomic E-state index is 13.1. The van der Waals surface area contributed by atoms with E-state index in [0.29, 0.717) is 21.9 Å². The van der Waals surface area contributed by atoms with Crippen molar-refractivity contribution in [3.8, 4) is 0 Å². The second-order valence-electron chi connectivity index (χ2n) is 4.50. The number of hydrogen-bond donors (Lipinski definition) is 2. The molecule has 2 heterocycles. The summed E-state index contributed by atoms with van der Waals surface area (Å²) in [6.07, 6.45) is 1.51. The summed E-state index contributed by atoms with van der Waals surface area (Å²) >= 11 is 6.95. The van der Waals surface area contributed by atoms with Crippen LogP contribution < -0.4 is 5.32 Å². The van der Waals surface area contributed by atoms with Gasteiger partial charge in [0.05, 0.1) is 22.5 Å². The number of hydrogen-bond acceptors (Lipinski definition) is 4. The molecule has 2 aromatic heterocycles. The normalized spacial score (nSPS) is 10.9. The predicted octanol–water partition coefficient (Wildman–Crippen LogP) is 3.62. The SMILES string of the molecule is O=C(CSc1nc2cc(F)c(F)cc2[nH]1)Nc1cccnc1Cl. The van der Waals surface area contributed by atoms with Gasteiger partial charge in [-0.2, -0.15) is 0 Å². The van der Waals surface area contributed by atoms with Gasteiger partial charge in [0.25, 0.3) is 0 Å². The number of halogens is 3. The van der Waals surface area contributed by atoms with Crippen molar-refractivity contribution in [3.05, 3.63) is 47.2 Å². The molecule has 0 saturated carbocycles. The molecule has 0 fully saturated rings. The van der Waals surface area contributed by atoms with Gasteiger partial charge < -0.3 is 10.3 Å². The maximum atomic E-state index is 13.1. The number of thioether (sulfide) groups is 1. The minimum absolute atomic E-state index is 0.0516. The van der Waals surface area contributed by atoms with Crippen LogP contribution in [0, 0.1) is 11.6 Å². The molecule has 0 saturated heterocycles. The molecular weight excluding hydrogens is 346 g/mol. The van der Waals surface area contributed by atoms with E-state index in [2.05, 4.69) is 20.3 Å². The Balaban J connectivity index is 1.66. The lowest BCUT2D eigenvalue weighted by Crippen LogP contribution is -2.14. The van der Waals surface area contributed by atoms with Crippen molar-refractivity contribution >= 4 is 46.0 Å². The third kappa shape index (κ3) is 3.59. The number of H-pyrrole nitrogens is 1. The van der Waals surface area contributed by atoms with Crippen LogP contribution >= 0.6 is 23.4 Å². The van der Waals surface area contributed by atoms with E-state index in [9.17, 15) is 13.6 Å². The zero-order valence-corrected chi connectivity index (χ0v) is 13.0. The smallest absolute Gasteiger partial charge is 0.234 e. The lowest BCUT2D eigenvalue weighted by atomic mass is 10.3. The molecule has 3 rings (SSSR count). The highest BCUT2D eigenvalue weighted by atomic mass is 35.5. The fourth-order valence-electron chi connectivity index (χ4n) is 1.85. The van der Waals surface area contributed by atoms with Gasteiger partial charge in [-0.15, -0.1) is 0 Å². The number of pyridine rings is 1. The third-order valence-electron chi connectivity index (χ3n) is 2.88. The molecule has 0 atom stereocenters. The van der Waals surface area contributed by atoms with E-state index < -0.39 is 11.6 Å². The minimum atomic E-state index is -0.968. The lowest BCUT2D eigenvalue weighted by Gasteiger charge is -2.04. The first-order valence-corrected chi connectivity index (χ1v) is 7.77. The van der Waals surface area contributed by atoms with Crippen LogP contribution in [0.15, 0.2) is 35.6 Å². The van der Waals surface area contributed by atoms with Crippen LogP contribution in [0.3, 0.4) is 0 Å². The van der Waals surface area contributed by atoms with Gasteiger partial charge in [-0.3, -0.25) is 4.79 Å². The Morgan fingerprint density at radius 1 is 1.35 bits per heavy atom. The van der Waals surface area contributed by atoms with Gasteiger partial charge in [0.15, 0.2) is 21.9 Å². The van der Waals surface area contributed by atoms with Gasteiger partial charge in [-0.05, 0) is 12.1 Å². The van der Waals surface area contributed by atoms with E-state index in [1.54, 1.807) is 12.1 Å². The molecule has 9 heteroatoms. The fourth-order valence-corrected chi connectivity index (χ4v) is 2.70. The van der Waals surface area contributed by atoms with Gasteiger partial charge in [0.1, 0.15) is 0 Å². The molecular formula is C14H9ClF2N4OS. The van der Waals surface area contributed by atoms with Gasteiger partial charge in [-0.1, -0.05) is 23.4 Å². The Labute approximate surface area is 138 Å². The van der Waals surface area contributed by atoms with Crippen LogP contribution in [0.2, 0.25) is 5.15 Å². The first-order chi connectivity index (χ1) is 11.0. The second kappa shape index (κ2) is 6.51. The summed E-state index contributed by atoms with van der Waals surface area (Å²) in [5.74, 6) is -2.18. The number of carbonyl (C=O) groups is 1. The molecule has 0 bridgehead atoms. The van der Waals surface area contributed by atoms with Crippen molar-refractivity contribution in [2.24, 2.45) is 0 Å². The molecule has 0 aliphatic heterocycles. The maximum Gasteiger partial charge on any atom is 0.234 e. The van der Waals surface area contributed by atoms with E-state index in [1.165, 1.54) is 6.20 Å². The van der Waals surface area contributed by atoms with Gasteiger partial charge in [-0.25, -0.2) is 18.7 Å². The monoisotopic (exact) mass is 354 g/mol. The molecule has 0 aliphatic carbocycles. The molecule has 0 unspecified atom stereocenters. The molecule has 0 radical (unpaired) electrons. The quantitative estimate of drug-likeness (QED) is 0.554. The van der Waals surface area contributed by atoms with E-state index in [4.69, 9.17) is 11.6 Å². The highest BCUT2D eigenvalue weighted by Crippen LogP contribution is 2.22. The molecule has 23 heavy (non-hydrogen) atoms. The first kappa shape index (κ1) is 15.7. The van der Waals surface area contributed by atoms with Crippen molar-refractivity contribution < 1.29 is 13.6 Å². The summed E-state index contributed by atoms with van der Waals surface area (Å²) in [5, 5.41) is 3.20. The fraction of sp³-hybridized carbons (Fsp3) is 0.0714. The van der Waals surface area contributed by atoms with Crippen molar-refractivity contribution in [1.29, 1.82) is 0 Å². The van der Waals surface area contributed by atoms with E-state index in [1.807, 2.05) is 0 Å². The number of aromatic amines is 1. The zero-order valence-electron chi connectivity index (χ0n) is 11.4. The largest absolute Gasteiger partial charge is 0.333 e. The second-order valence-corrected chi connectivity index (χ2v) is 5.83. The molecule has 0 aliphatic rings. The number of imidazole rings is 1. The predicted molar refractivity (Wildman–Crippen MR) is 84.6 cm³/mol. The highest BCUT2D eigenvalue weighted by Gasteiger charge is 2.11. The number of fused-ring (bicyclic) bond motifs is 1. The lowest BCUT2D eigenvalue weighted by molar-refractivity contribution is -0.113. The molecule has 1 amide bonds. The number of nitrogens with zero attached hydrogens (tertiary/aromatic N) is 2. The Hall–Kier alpha value is -2.19. The molecule has 1 aromatic carbocycles. The number of carbonyl (C=O) groups excluding carboxylic acids is 1. The van der Waals surface area contributed by atoms with E-state index in [0.717, 1.165) is 23.9 Å². The Kier molecular flexibility index (Phi) is 4.44. The van der Waals surface area contributed by atoms with Crippen LogP contribution in [0.4, 0.5) is 14.5 Å². The molecule has 5 nitrogen and oxygen atoms in total. The van der Waals surface area contributed by atoms with E-state index >= 15 is 0 Å². The highest BCUT2D eigenvalue weighted by molar-refractivity contribution is 7.99. The standard InChI is InChI=1S/C14H9ClF2N4OS/c15-13-9(2-1-3-18-13)19-12(22)6-23-14-20-10-4-7(16)8(17)5-11(10)21-14/h1-5H,6H2,(H,19,22)(H,20,21). The molecule has 118 valence electrons. The summed E-state index contributed by atoms with van der Waals surface area (Å²) in [6, 6.07) is 5.31. The van der Waals surface area contributed by atoms with Crippen molar-refractivity contribution in [2.45, 2.75) is 5.16 Å². The number of benzene rings is 1. The number of amides is 1. The molecule has 0 spiro atoms. The Morgan fingerprint density at radius 3 is 2.91 bits per heavy atom. The van der Waals surface area contributed by atoms with E-state index in [-0.39, 0.29) is 16.8 Å². The molecule has 3 aromatic rings. The van der Waals surface area contributed by atoms with Crippen molar-refractivity contribution in [2.75, 3.05) is 11.1 Å². The zero-order chi connectivity index (χ0) is 16.4. The average Bonchev–Trinajstić information content (AvgIpc) is 2.90. The summed E-state index contributed by atoms with van der Waals surface area (Å²) < 4.78 is 26.3. The van der Waals surface area contributed by atoms with Gasteiger partial charge in [0, 0.05) is 18.3 Å². The van der Waals surface area contributed by atoms with Crippen LogP contribution in [-0.4, -0.2) is 26.6 Å². The number of aromatic nitrogens is 3. The first-order valence-electron chi connectivity index (χ1n) is 6.41. The van der Waals surface area contributed by atoms with Crippen LogP contribution in [0.25, 0.3) is 11.0 Å². The number of nitrogens with one attached hydrogen (secondary N) is 2. The van der Waals surface area contributed by atoms with Gasteiger partial charge >= 0.3 is 0 Å². The van der Waals surface area contributed by atoms with Crippen molar-refractivity contribution in [1.82, 2.24) is 15.0 Å². The van der Waals surface area contributed by atoms with Crippen LogP contribution in [0.1, 0.15) is 0 Å². The summed E-state index contributed by atoms with van der Waals surface area (Å²) in [6.45, 7) is 0. The minimum Gasteiger partial charge on any atom is -0.333 e. The Morgan fingerprint density at radius 2 is 2.13 bits per heavy atom. The van der Waals surface area contributed by atoms with Crippen LogP contribution in [0.5, 0.6) is 0 Å². The summed E-state index contributed by atoms with van der Waals surface area (Å²) in [4.78, 5) is 22.6. The third-order valence-corrected chi connectivity index (χ3v) is 4.05.